The Balaban J connectivity index is 1.49. The maximum Gasteiger partial charge on any atom is 0.178 e. The predicted molar refractivity (Wildman–Crippen MR) is 96.1 cm³/mol. The van der Waals surface area contributed by atoms with Gasteiger partial charge in [0, 0.05) is 23.0 Å². The topological polar surface area (TPSA) is 43.3 Å². The van der Waals surface area contributed by atoms with Gasteiger partial charge in [-0.15, -0.1) is 0 Å². The maximum atomic E-state index is 12.5. The van der Waals surface area contributed by atoms with Crippen LogP contribution in [-0.2, 0) is 6.42 Å². The Labute approximate surface area is 143 Å². The molecule has 1 heterocycles. The Morgan fingerprint density at radius 3 is 2.58 bits per heavy atom. The Hall–Kier alpha value is -2.07. The average molecular weight is 326 g/mol. The van der Waals surface area contributed by atoms with E-state index in [-0.39, 0.29) is 5.78 Å². The van der Waals surface area contributed by atoms with E-state index < -0.39 is 0 Å². The summed E-state index contributed by atoms with van der Waals surface area (Å²) in [5, 5.41) is 3.27. The molecule has 0 bridgehead atoms. The van der Waals surface area contributed by atoms with Crippen LogP contribution >= 0.6 is 0 Å². The van der Waals surface area contributed by atoms with Gasteiger partial charge in [-0.05, 0) is 63.4 Å². The van der Waals surface area contributed by atoms with E-state index in [0.717, 1.165) is 30.0 Å². The molecule has 0 amide bonds. The fraction of sp³-hybridized carbons (Fsp3) is 0.450. The van der Waals surface area contributed by atoms with E-state index >= 15 is 0 Å². The Morgan fingerprint density at radius 2 is 1.96 bits per heavy atom. The Bertz CT molecular complexity index is 712. The second-order valence-electron chi connectivity index (χ2n) is 6.58. The lowest BCUT2D eigenvalue weighted by molar-refractivity contribution is 0.0990. The molecule has 1 aliphatic rings. The van der Waals surface area contributed by atoms with Crippen molar-refractivity contribution in [3.05, 3.63) is 52.8 Å². The van der Waals surface area contributed by atoms with Crippen LogP contribution in [-0.4, -0.2) is 30.5 Å². The van der Waals surface area contributed by atoms with E-state index in [0.29, 0.717) is 12.6 Å². The third-order valence-corrected chi connectivity index (χ3v) is 4.73. The zero-order valence-electron chi connectivity index (χ0n) is 14.8. The first-order valence-corrected chi connectivity index (χ1v) is 8.65. The van der Waals surface area contributed by atoms with Gasteiger partial charge in [0.1, 0.15) is 5.75 Å². The van der Waals surface area contributed by atoms with Crippen molar-refractivity contribution in [3.8, 4) is 5.75 Å². The number of ketones is 1. The second-order valence-corrected chi connectivity index (χ2v) is 6.58. The molecule has 1 fully saturated rings. The van der Waals surface area contributed by atoms with Crippen molar-refractivity contribution in [3.63, 3.8) is 0 Å². The molecule has 1 aromatic heterocycles. The number of nitrogens with zero attached hydrogens (tertiary/aromatic N) is 1. The van der Waals surface area contributed by atoms with Crippen molar-refractivity contribution in [2.45, 2.75) is 39.2 Å². The van der Waals surface area contributed by atoms with Gasteiger partial charge in [-0.1, -0.05) is 12.1 Å². The molecule has 0 unspecified atom stereocenters. The van der Waals surface area contributed by atoms with Gasteiger partial charge in [-0.3, -0.25) is 4.79 Å². The van der Waals surface area contributed by atoms with E-state index in [1.54, 1.807) is 7.11 Å². The predicted octanol–water partition coefficient (Wildman–Crippen LogP) is 3.46. The van der Waals surface area contributed by atoms with Crippen molar-refractivity contribution in [2.75, 3.05) is 20.2 Å². The van der Waals surface area contributed by atoms with Crippen LogP contribution in [0.1, 0.15) is 46.2 Å². The third-order valence-electron chi connectivity index (χ3n) is 4.73. The average Bonchev–Trinajstić information content (AvgIpc) is 3.37. The number of hydrogen-bond acceptors (Lipinski definition) is 3. The molecular weight excluding hydrogens is 300 g/mol. The molecule has 4 nitrogen and oxygen atoms in total. The molecule has 1 aliphatic carbocycles. The van der Waals surface area contributed by atoms with Gasteiger partial charge in [0.25, 0.3) is 0 Å². The molecule has 1 saturated carbocycles. The normalized spacial score (nSPS) is 14.0. The molecule has 1 aromatic carbocycles. The first kappa shape index (κ1) is 16.8. The number of methoxy groups -OCH3 is 1. The van der Waals surface area contributed by atoms with E-state index in [1.807, 2.05) is 18.2 Å². The third kappa shape index (κ3) is 3.70. The van der Waals surface area contributed by atoms with Gasteiger partial charge >= 0.3 is 0 Å². The van der Waals surface area contributed by atoms with Crippen molar-refractivity contribution >= 4 is 5.78 Å². The monoisotopic (exact) mass is 326 g/mol. The summed E-state index contributed by atoms with van der Waals surface area (Å²) in [6.45, 7) is 5.35. The van der Waals surface area contributed by atoms with E-state index in [1.165, 1.54) is 24.1 Å². The molecule has 4 heteroatoms. The van der Waals surface area contributed by atoms with E-state index in [4.69, 9.17) is 4.74 Å². The highest BCUT2D eigenvalue weighted by molar-refractivity contribution is 5.99. The van der Waals surface area contributed by atoms with Crippen LogP contribution in [0.15, 0.2) is 30.3 Å². The van der Waals surface area contributed by atoms with Crippen LogP contribution in [0.3, 0.4) is 0 Å². The summed E-state index contributed by atoms with van der Waals surface area (Å²) in [6.07, 6.45) is 3.38. The summed E-state index contributed by atoms with van der Waals surface area (Å²) in [7, 11) is 1.67. The number of aromatic nitrogens is 1. The summed E-state index contributed by atoms with van der Waals surface area (Å²) >= 11 is 0. The second kappa shape index (κ2) is 7.22. The van der Waals surface area contributed by atoms with Gasteiger partial charge in [-0.2, -0.15) is 0 Å². The SMILES string of the molecule is COc1ccc(CCNCC(=O)c2cc(C)n(C3CC3)c2C)cc1. The number of nitrogens with one attached hydrogen (secondary N) is 1. The Morgan fingerprint density at radius 1 is 1.25 bits per heavy atom. The number of aryl methyl sites for hydroxylation is 1. The van der Waals surface area contributed by atoms with Gasteiger partial charge in [0.15, 0.2) is 5.78 Å². The summed E-state index contributed by atoms with van der Waals surface area (Å²) in [4.78, 5) is 12.5. The lowest BCUT2D eigenvalue weighted by Crippen LogP contribution is -2.25. The van der Waals surface area contributed by atoms with Crippen LogP contribution in [0, 0.1) is 13.8 Å². The molecule has 0 atom stereocenters. The van der Waals surface area contributed by atoms with Gasteiger partial charge < -0.3 is 14.6 Å². The van der Waals surface area contributed by atoms with Crippen molar-refractivity contribution in [1.29, 1.82) is 0 Å². The standard InChI is InChI=1S/C20H26N2O2/c1-14-12-19(15(2)22(14)17-6-7-17)20(23)13-21-11-10-16-4-8-18(24-3)9-5-16/h4-5,8-9,12,17,21H,6-7,10-11,13H2,1-3H3. The largest absolute Gasteiger partial charge is 0.497 e. The summed E-state index contributed by atoms with van der Waals surface area (Å²) < 4.78 is 7.48. The molecular formula is C20H26N2O2. The summed E-state index contributed by atoms with van der Waals surface area (Å²) in [6, 6.07) is 10.7. The van der Waals surface area contributed by atoms with Crippen LogP contribution < -0.4 is 10.1 Å². The minimum atomic E-state index is 0.185. The van der Waals surface area contributed by atoms with Crippen LogP contribution in [0.5, 0.6) is 5.75 Å². The fourth-order valence-corrected chi connectivity index (χ4v) is 3.28. The number of rotatable bonds is 8. The highest BCUT2D eigenvalue weighted by Gasteiger charge is 2.28. The zero-order chi connectivity index (χ0) is 17.1. The minimum Gasteiger partial charge on any atom is -0.497 e. The molecule has 128 valence electrons. The van der Waals surface area contributed by atoms with Gasteiger partial charge in [-0.25, -0.2) is 0 Å². The summed E-state index contributed by atoms with van der Waals surface area (Å²) in [5.41, 5.74) is 4.44. The van der Waals surface area contributed by atoms with E-state index in [2.05, 4.69) is 35.9 Å². The lowest BCUT2D eigenvalue weighted by Gasteiger charge is -2.08. The number of carbonyl (C=O) groups excluding carboxylic acids is 1. The quantitative estimate of drug-likeness (QED) is 0.597. The van der Waals surface area contributed by atoms with Crippen LogP contribution in [0.2, 0.25) is 0 Å². The first-order chi connectivity index (χ1) is 11.6. The fourth-order valence-electron chi connectivity index (χ4n) is 3.28. The van der Waals surface area contributed by atoms with Crippen molar-refractivity contribution in [1.82, 2.24) is 9.88 Å². The number of Topliss-reactive ketones (excluding diaryl/α,β-unsaturated/α-hetero) is 1. The molecule has 0 spiro atoms. The highest BCUT2D eigenvalue weighted by atomic mass is 16.5. The van der Waals surface area contributed by atoms with Crippen LogP contribution in [0.4, 0.5) is 0 Å². The van der Waals surface area contributed by atoms with Crippen molar-refractivity contribution in [2.24, 2.45) is 0 Å². The summed E-state index contributed by atoms with van der Waals surface area (Å²) in [5.74, 6) is 1.05. The number of hydrogen-bond donors (Lipinski definition) is 1. The zero-order valence-corrected chi connectivity index (χ0v) is 14.8. The number of ether oxygens (including phenoxy) is 1. The minimum absolute atomic E-state index is 0.185. The molecule has 0 radical (unpaired) electrons. The van der Waals surface area contributed by atoms with Gasteiger partial charge in [0.2, 0.25) is 0 Å². The molecule has 24 heavy (non-hydrogen) atoms. The molecule has 0 aliphatic heterocycles. The Kier molecular flexibility index (Phi) is 5.05. The maximum absolute atomic E-state index is 12.5. The highest BCUT2D eigenvalue weighted by Crippen LogP contribution is 2.38. The number of carbonyl (C=O) groups is 1. The molecule has 3 rings (SSSR count). The smallest absolute Gasteiger partial charge is 0.178 e. The lowest BCUT2D eigenvalue weighted by atomic mass is 10.1. The molecule has 1 N–H and O–H groups in total. The molecule has 2 aromatic rings. The first-order valence-electron chi connectivity index (χ1n) is 8.65. The van der Waals surface area contributed by atoms with Crippen molar-refractivity contribution < 1.29 is 9.53 Å². The number of benzene rings is 1. The molecule has 0 saturated heterocycles. The van der Waals surface area contributed by atoms with E-state index in [9.17, 15) is 4.79 Å². The van der Waals surface area contributed by atoms with Gasteiger partial charge in [0.05, 0.1) is 13.7 Å². The van der Waals surface area contributed by atoms with Crippen LogP contribution in [0.25, 0.3) is 0 Å².